The monoisotopic (exact) mass is 286 g/mol. The minimum Gasteiger partial charge on any atom is -0.329 e. The molecular weight excluding hydrogens is 256 g/mol. The second kappa shape index (κ2) is 6.50. The lowest BCUT2D eigenvalue weighted by Crippen LogP contribution is -2.55. The second-order valence-electron chi connectivity index (χ2n) is 7.40. The topological polar surface area (TPSA) is 29.3 Å². The first-order valence-electron chi connectivity index (χ1n) is 8.71. The number of piperidine rings is 1. The van der Waals surface area contributed by atoms with Crippen LogP contribution in [0.25, 0.3) is 0 Å². The van der Waals surface area contributed by atoms with Crippen LogP contribution < -0.4 is 5.73 Å². The fraction of sp³-hybridized carbons (Fsp3) is 0.684. The Morgan fingerprint density at radius 3 is 2.43 bits per heavy atom. The van der Waals surface area contributed by atoms with Gasteiger partial charge in [0.05, 0.1) is 0 Å². The SMILES string of the molecule is CC1CCC(CN)(N2CCC(Cc3ccccc3)CC2)C1. The van der Waals surface area contributed by atoms with Gasteiger partial charge in [0.2, 0.25) is 0 Å². The maximum Gasteiger partial charge on any atom is 0.0334 e. The highest BCUT2D eigenvalue weighted by Gasteiger charge is 2.42. The Morgan fingerprint density at radius 2 is 1.86 bits per heavy atom. The van der Waals surface area contributed by atoms with E-state index in [1.807, 2.05) is 0 Å². The zero-order valence-electron chi connectivity index (χ0n) is 13.4. The smallest absolute Gasteiger partial charge is 0.0334 e. The third kappa shape index (κ3) is 3.32. The van der Waals surface area contributed by atoms with Crippen molar-refractivity contribution in [2.24, 2.45) is 17.6 Å². The molecule has 1 saturated carbocycles. The average molecular weight is 286 g/mol. The fourth-order valence-corrected chi connectivity index (χ4v) is 4.53. The lowest BCUT2D eigenvalue weighted by Gasteiger charge is -2.45. The molecule has 1 aliphatic heterocycles. The Balaban J connectivity index is 1.55. The van der Waals surface area contributed by atoms with Crippen LogP contribution in [0.4, 0.5) is 0 Å². The largest absolute Gasteiger partial charge is 0.329 e. The summed E-state index contributed by atoms with van der Waals surface area (Å²) >= 11 is 0. The molecule has 2 atom stereocenters. The average Bonchev–Trinajstić information content (AvgIpc) is 2.92. The molecule has 2 aliphatic rings. The van der Waals surface area contributed by atoms with Gasteiger partial charge in [-0.2, -0.15) is 0 Å². The highest BCUT2D eigenvalue weighted by atomic mass is 15.2. The van der Waals surface area contributed by atoms with Crippen molar-refractivity contribution in [3.8, 4) is 0 Å². The van der Waals surface area contributed by atoms with E-state index >= 15 is 0 Å². The van der Waals surface area contributed by atoms with Crippen LogP contribution in [-0.2, 0) is 6.42 Å². The van der Waals surface area contributed by atoms with E-state index in [0.29, 0.717) is 5.54 Å². The van der Waals surface area contributed by atoms with Crippen LogP contribution in [0.2, 0.25) is 0 Å². The molecule has 0 radical (unpaired) electrons. The molecule has 1 aromatic carbocycles. The molecule has 1 heterocycles. The van der Waals surface area contributed by atoms with Gasteiger partial charge in [-0.25, -0.2) is 0 Å². The van der Waals surface area contributed by atoms with E-state index in [1.165, 1.54) is 57.2 Å². The Morgan fingerprint density at radius 1 is 1.14 bits per heavy atom. The number of hydrogen-bond acceptors (Lipinski definition) is 2. The van der Waals surface area contributed by atoms with Gasteiger partial charge in [0.1, 0.15) is 0 Å². The lowest BCUT2D eigenvalue weighted by molar-refractivity contribution is 0.0565. The molecule has 0 spiro atoms. The highest BCUT2D eigenvalue weighted by molar-refractivity contribution is 5.15. The molecule has 116 valence electrons. The van der Waals surface area contributed by atoms with Gasteiger partial charge >= 0.3 is 0 Å². The standard InChI is InChI=1S/C19H30N2/c1-16-7-10-19(14-16,15-20)21-11-8-18(9-12-21)13-17-5-3-2-4-6-17/h2-6,16,18H,7-15,20H2,1H3. The predicted molar refractivity (Wildman–Crippen MR) is 89.2 cm³/mol. The Kier molecular flexibility index (Phi) is 4.66. The van der Waals surface area contributed by atoms with E-state index < -0.39 is 0 Å². The van der Waals surface area contributed by atoms with Crippen LogP contribution in [0.1, 0.15) is 44.6 Å². The van der Waals surface area contributed by atoms with Gasteiger partial charge in [0.15, 0.2) is 0 Å². The van der Waals surface area contributed by atoms with E-state index in [2.05, 4.69) is 42.2 Å². The summed E-state index contributed by atoms with van der Waals surface area (Å²) < 4.78 is 0. The summed E-state index contributed by atoms with van der Waals surface area (Å²) in [7, 11) is 0. The van der Waals surface area contributed by atoms with E-state index in [-0.39, 0.29) is 0 Å². The molecule has 1 aliphatic carbocycles. The first-order chi connectivity index (χ1) is 10.2. The molecule has 2 fully saturated rings. The summed E-state index contributed by atoms with van der Waals surface area (Å²) in [5, 5.41) is 0. The number of nitrogens with two attached hydrogens (primary N) is 1. The van der Waals surface area contributed by atoms with Crippen LogP contribution in [0.5, 0.6) is 0 Å². The van der Waals surface area contributed by atoms with Crippen molar-refractivity contribution in [3.05, 3.63) is 35.9 Å². The molecule has 1 aromatic rings. The summed E-state index contributed by atoms with van der Waals surface area (Å²) in [4.78, 5) is 2.73. The Labute approximate surface area is 129 Å². The van der Waals surface area contributed by atoms with Crippen molar-refractivity contribution >= 4 is 0 Å². The molecule has 2 heteroatoms. The molecular formula is C19H30N2. The molecule has 0 amide bonds. The molecule has 2 unspecified atom stereocenters. The number of hydrogen-bond donors (Lipinski definition) is 1. The first-order valence-corrected chi connectivity index (χ1v) is 8.71. The van der Waals surface area contributed by atoms with Crippen molar-refractivity contribution in [2.75, 3.05) is 19.6 Å². The normalized spacial score (nSPS) is 31.6. The predicted octanol–water partition coefficient (Wildman–Crippen LogP) is 3.46. The minimum atomic E-state index is 0.330. The van der Waals surface area contributed by atoms with Gasteiger partial charge in [0, 0.05) is 12.1 Å². The first kappa shape index (κ1) is 15.1. The number of nitrogens with zero attached hydrogens (tertiary/aromatic N) is 1. The van der Waals surface area contributed by atoms with Crippen molar-refractivity contribution in [3.63, 3.8) is 0 Å². The van der Waals surface area contributed by atoms with Crippen LogP contribution >= 0.6 is 0 Å². The van der Waals surface area contributed by atoms with Gasteiger partial charge < -0.3 is 5.73 Å². The van der Waals surface area contributed by atoms with Crippen molar-refractivity contribution in [2.45, 2.75) is 51.0 Å². The number of likely N-dealkylation sites (tertiary alicyclic amines) is 1. The van der Waals surface area contributed by atoms with Gasteiger partial charge in [-0.15, -0.1) is 0 Å². The zero-order chi connectivity index (χ0) is 14.7. The summed E-state index contributed by atoms with van der Waals surface area (Å²) in [6.07, 6.45) is 7.92. The van der Waals surface area contributed by atoms with E-state index in [1.54, 1.807) is 0 Å². The number of benzene rings is 1. The van der Waals surface area contributed by atoms with Crippen LogP contribution in [0, 0.1) is 11.8 Å². The van der Waals surface area contributed by atoms with E-state index in [0.717, 1.165) is 18.4 Å². The molecule has 1 saturated heterocycles. The second-order valence-corrected chi connectivity index (χ2v) is 7.40. The van der Waals surface area contributed by atoms with Gasteiger partial charge in [-0.05, 0) is 69.0 Å². The van der Waals surface area contributed by atoms with Crippen LogP contribution in [-0.4, -0.2) is 30.1 Å². The third-order valence-electron chi connectivity index (χ3n) is 5.86. The molecule has 21 heavy (non-hydrogen) atoms. The molecule has 2 N–H and O–H groups in total. The lowest BCUT2D eigenvalue weighted by atomic mass is 9.85. The Hall–Kier alpha value is -0.860. The maximum absolute atomic E-state index is 6.18. The minimum absolute atomic E-state index is 0.330. The van der Waals surface area contributed by atoms with Crippen LogP contribution in [0.3, 0.4) is 0 Å². The maximum atomic E-state index is 6.18. The fourth-order valence-electron chi connectivity index (χ4n) is 4.53. The molecule has 0 aromatic heterocycles. The van der Waals surface area contributed by atoms with Crippen molar-refractivity contribution in [1.29, 1.82) is 0 Å². The van der Waals surface area contributed by atoms with Gasteiger partial charge in [-0.3, -0.25) is 4.90 Å². The quantitative estimate of drug-likeness (QED) is 0.918. The molecule has 2 nitrogen and oxygen atoms in total. The summed E-state index contributed by atoms with van der Waals surface area (Å²) in [6, 6.07) is 11.0. The zero-order valence-corrected chi connectivity index (χ0v) is 13.4. The van der Waals surface area contributed by atoms with Gasteiger partial charge in [-0.1, -0.05) is 37.3 Å². The van der Waals surface area contributed by atoms with Gasteiger partial charge in [0.25, 0.3) is 0 Å². The highest BCUT2D eigenvalue weighted by Crippen LogP contribution is 2.40. The van der Waals surface area contributed by atoms with Crippen LogP contribution in [0.15, 0.2) is 30.3 Å². The summed E-state index contributed by atoms with van der Waals surface area (Å²) in [5.74, 6) is 1.72. The third-order valence-corrected chi connectivity index (χ3v) is 5.86. The summed E-state index contributed by atoms with van der Waals surface area (Å²) in [5.41, 5.74) is 8.01. The molecule has 3 rings (SSSR count). The van der Waals surface area contributed by atoms with E-state index in [9.17, 15) is 0 Å². The Bertz CT molecular complexity index is 436. The molecule has 0 bridgehead atoms. The number of rotatable bonds is 4. The van der Waals surface area contributed by atoms with Crippen molar-refractivity contribution < 1.29 is 0 Å². The summed E-state index contributed by atoms with van der Waals surface area (Å²) in [6.45, 7) is 5.74. The van der Waals surface area contributed by atoms with Crippen molar-refractivity contribution in [1.82, 2.24) is 4.90 Å². The van der Waals surface area contributed by atoms with E-state index in [4.69, 9.17) is 5.73 Å².